The lowest BCUT2D eigenvalue weighted by Gasteiger charge is -2.10. The SMILES string of the molecule is C1CCOC1.Cc1cccc(-c2nn3c(c2-c2ccnc4ccc(C(N)=O)cc24)CCC3)n1. The first-order chi connectivity index (χ1) is 16.1. The molecular formula is C26H27N5O2. The molecule has 2 aliphatic heterocycles. The maximum absolute atomic E-state index is 11.7. The molecule has 0 bridgehead atoms. The van der Waals surface area contributed by atoms with Gasteiger partial charge in [0.05, 0.1) is 11.2 Å². The fourth-order valence-corrected chi connectivity index (χ4v) is 4.50. The molecule has 1 saturated heterocycles. The van der Waals surface area contributed by atoms with Crippen LogP contribution in [0.5, 0.6) is 0 Å². The van der Waals surface area contributed by atoms with Crippen LogP contribution in [0.15, 0.2) is 48.7 Å². The molecule has 3 aromatic heterocycles. The molecule has 0 unspecified atom stereocenters. The molecule has 2 aliphatic rings. The monoisotopic (exact) mass is 441 g/mol. The largest absolute Gasteiger partial charge is 0.381 e. The van der Waals surface area contributed by atoms with Crippen LogP contribution in [-0.4, -0.2) is 38.9 Å². The van der Waals surface area contributed by atoms with Gasteiger partial charge in [-0.3, -0.25) is 19.4 Å². The number of rotatable bonds is 3. The predicted molar refractivity (Wildman–Crippen MR) is 128 cm³/mol. The lowest BCUT2D eigenvalue weighted by molar-refractivity contribution is 0.100. The maximum Gasteiger partial charge on any atom is 0.248 e. The van der Waals surface area contributed by atoms with Crippen LogP contribution >= 0.6 is 0 Å². The lowest BCUT2D eigenvalue weighted by atomic mass is 9.95. The van der Waals surface area contributed by atoms with Crippen molar-refractivity contribution in [3.8, 4) is 22.5 Å². The third-order valence-corrected chi connectivity index (χ3v) is 6.09. The summed E-state index contributed by atoms with van der Waals surface area (Å²) in [6.07, 6.45) is 6.40. The van der Waals surface area contributed by atoms with E-state index in [1.807, 2.05) is 43.3 Å². The van der Waals surface area contributed by atoms with E-state index in [0.29, 0.717) is 5.56 Å². The van der Waals surface area contributed by atoms with Crippen molar-refractivity contribution < 1.29 is 9.53 Å². The predicted octanol–water partition coefficient (Wildman–Crippen LogP) is 4.31. The van der Waals surface area contributed by atoms with Crippen molar-refractivity contribution in [3.05, 3.63) is 65.6 Å². The van der Waals surface area contributed by atoms with Gasteiger partial charge < -0.3 is 10.5 Å². The molecule has 1 amide bonds. The van der Waals surface area contributed by atoms with Crippen LogP contribution < -0.4 is 5.73 Å². The van der Waals surface area contributed by atoms with Gasteiger partial charge in [-0.1, -0.05) is 6.07 Å². The molecular weight excluding hydrogens is 414 g/mol. The Labute approximate surface area is 192 Å². The van der Waals surface area contributed by atoms with Crippen molar-refractivity contribution in [1.82, 2.24) is 19.7 Å². The summed E-state index contributed by atoms with van der Waals surface area (Å²) in [4.78, 5) is 20.9. The van der Waals surface area contributed by atoms with Gasteiger partial charge in [-0.25, -0.2) is 0 Å². The van der Waals surface area contributed by atoms with Crippen LogP contribution in [0.1, 0.15) is 41.0 Å². The number of fused-ring (bicyclic) bond motifs is 2. The highest BCUT2D eigenvalue weighted by Gasteiger charge is 2.25. The second-order valence-corrected chi connectivity index (χ2v) is 8.44. The number of nitrogens with zero attached hydrogens (tertiary/aromatic N) is 4. The average Bonchev–Trinajstić information content (AvgIpc) is 3.58. The molecule has 4 aromatic rings. The minimum atomic E-state index is -0.447. The summed E-state index contributed by atoms with van der Waals surface area (Å²) >= 11 is 0. The fraction of sp³-hybridized carbons (Fsp3) is 0.308. The smallest absolute Gasteiger partial charge is 0.248 e. The van der Waals surface area contributed by atoms with Gasteiger partial charge in [0.15, 0.2) is 0 Å². The van der Waals surface area contributed by atoms with Gasteiger partial charge in [-0.05, 0) is 74.6 Å². The first-order valence-corrected chi connectivity index (χ1v) is 11.4. The number of aromatic nitrogens is 4. The Hall–Kier alpha value is -3.58. The molecule has 33 heavy (non-hydrogen) atoms. The number of primary amides is 1. The van der Waals surface area contributed by atoms with E-state index in [0.717, 1.165) is 71.7 Å². The van der Waals surface area contributed by atoms with Crippen LogP contribution in [0.3, 0.4) is 0 Å². The highest BCUT2D eigenvalue weighted by molar-refractivity contribution is 6.03. The quantitative estimate of drug-likeness (QED) is 0.511. The number of ether oxygens (including phenoxy) is 1. The summed E-state index contributed by atoms with van der Waals surface area (Å²) in [6.45, 7) is 4.89. The normalized spacial score (nSPS) is 14.7. The number of aryl methyl sites for hydroxylation is 2. The summed E-state index contributed by atoms with van der Waals surface area (Å²) in [6, 6.07) is 13.3. The second-order valence-electron chi connectivity index (χ2n) is 8.44. The average molecular weight is 442 g/mol. The van der Waals surface area contributed by atoms with Crippen molar-refractivity contribution in [3.63, 3.8) is 0 Å². The van der Waals surface area contributed by atoms with E-state index < -0.39 is 5.91 Å². The summed E-state index contributed by atoms with van der Waals surface area (Å²) in [7, 11) is 0. The van der Waals surface area contributed by atoms with E-state index >= 15 is 0 Å². The minimum Gasteiger partial charge on any atom is -0.381 e. The third kappa shape index (κ3) is 4.24. The topological polar surface area (TPSA) is 95.9 Å². The van der Waals surface area contributed by atoms with Gasteiger partial charge in [0.1, 0.15) is 5.69 Å². The van der Waals surface area contributed by atoms with Crippen molar-refractivity contribution in [2.75, 3.05) is 13.2 Å². The number of benzene rings is 1. The number of pyridine rings is 2. The first kappa shape index (κ1) is 21.3. The second kappa shape index (κ2) is 9.11. The Morgan fingerprint density at radius 1 is 1.09 bits per heavy atom. The Morgan fingerprint density at radius 2 is 1.94 bits per heavy atom. The number of nitrogens with two attached hydrogens (primary N) is 1. The van der Waals surface area contributed by atoms with Crippen molar-refractivity contribution >= 4 is 16.8 Å². The molecule has 5 heterocycles. The van der Waals surface area contributed by atoms with E-state index in [9.17, 15) is 4.79 Å². The zero-order chi connectivity index (χ0) is 22.8. The van der Waals surface area contributed by atoms with Crippen molar-refractivity contribution in [2.24, 2.45) is 5.73 Å². The maximum atomic E-state index is 11.7. The molecule has 168 valence electrons. The van der Waals surface area contributed by atoms with Crippen LogP contribution in [0.2, 0.25) is 0 Å². The number of hydrogen-bond donors (Lipinski definition) is 1. The van der Waals surface area contributed by atoms with Crippen LogP contribution in [0.25, 0.3) is 33.4 Å². The Balaban J connectivity index is 0.000000406. The molecule has 6 rings (SSSR count). The summed E-state index contributed by atoms with van der Waals surface area (Å²) in [5.74, 6) is -0.447. The molecule has 7 nitrogen and oxygen atoms in total. The zero-order valence-corrected chi connectivity index (χ0v) is 18.8. The first-order valence-electron chi connectivity index (χ1n) is 11.4. The molecule has 0 spiro atoms. The number of carbonyl (C=O) groups excluding carboxylic acids is 1. The van der Waals surface area contributed by atoms with Gasteiger partial charge in [0.25, 0.3) is 0 Å². The van der Waals surface area contributed by atoms with Gasteiger partial charge >= 0.3 is 0 Å². The highest BCUT2D eigenvalue weighted by atomic mass is 16.5. The Bertz CT molecular complexity index is 1320. The summed E-state index contributed by atoms with van der Waals surface area (Å²) in [5, 5.41) is 5.78. The molecule has 7 heteroatoms. The van der Waals surface area contributed by atoms with Gasteiger partial charge in [0.2, 0.25) is 5.91 Å². The van der Waals surface area contributed by atoms with Crippen molar-refractivity contribution in [2.45, 2.75) is 39.2 Å². The Morgan fingerprint density at radius 3 is 2.67 bits per heavy atom. The van der Waals surface area contributed by atoms with E-state index in [1.165, 1.54) is 18.5 Å². The molecule has 0 aliphatic carbocycles. The third-order valence-electron chi connectivity index (χ3n) is 6.09. The van der Waals surface area contributed by atoms with Gasteiger partial charge in [-0.15, -0.1) is 0 Å². The summed E-state index contributed by atoms with van der Waals surface area (Å²) in [5.41, 5.74) is 12.8. The van der Waals surface area contributed by atoms with Crippen LogP contribution in [-0.2, 0) is 17.7 Å². The van der Waals surface area contributed by atoms with Gasteiger partial charge in [-0.2, -0.15) is 5.10 Å². The highest BCUT2D eigenvalue weighted by Crippen LogP contribution is 2.39. The van der Waals surface area contributed by atoms with E-state index in [1.54, 1.807) is 12.3 Å². The van der Waals surface area contributed by atoms with E-state index in [-0.39, 0.29) is 0 Å². The zero-order valence-electron chi connectivity index (χ0n) is 18.8. The van der Waals surface area contributed by atoms with Crippen molar-refractivity contribution in [1.29, 1.82) is 0 Å². The summed E-state index contributed by atoms with van der Waals surface area (Å²) < 4.78 is 7.03. The fourth-order valence-electron chi connectivity index (χ4n) is 4.50. The minimum absolute atomic E-state index is 0.447. The van der Waals surface area contributed by atoms with Crippen LogP contribution in [0, 0.1) is 6.92 Å². The molecule has 1 aromatic carbocycles. The number of amides is 1. The molecule has 0 saturated carbocycles. The standard InChI is InChI=1S/C22H19N5O.C4H8O/c1-13-4-2-5-18(25-13)21-20(19-6-3-11-27(19)26-21)15-9-10-24-17-8-7-14(22(23)28)12-16(15)17;1-2-4-5-3-1/h2,4-5,7-10,12H,3,6,11H2,1H3,(H2,23,28);1-4H2. The number of hydrogen-bond acceptors (Lipinski definition) is 5. The molecule has 2 N–H and O–H groups in total. The van der Waals surface area contributed by atoms with E-state index in [2.05, 4.69) is 9.67 Å². The lowest BCUT2D eigenvalue weighted by Crippen LogP contribution is -2.10. The molecule has 0 atom stereocenters. The van der Waals surface area contributed by atoms with E-state index in [4.69, 9.17) is 20.6 Å². The molecule has 0 radical (unpaired) electrons. The van der Waals surface area contributed by atoms with Crippen LogP contribution in [0.4, 0.5) is 0 Å². The Kier molecular flexibility index (Phi) is 5.88. The molecule has 1 fully saturated rings. The number of carbonyl (C=O) groups is 1. The van der Waals surface area contributed by atoms with Gasteiger partial charge in [0, 0.05) is 53.9 Å².